The van der Waals surface area contributed by atoms with Crippen LogP contribution in [0.3, 0.4) is 0 Å². The molecular weight excluding hydrogens is 266 g/mol. The van der Waals surface area contributed by atoms with Gasteiger partial charge in [-0.2, -0.15) is 0 Å². The highest BCUT2D eigenvalue weighted by atomic mass is 16.7. The highest BCUT2D eigenvalue weighted by molar-refractivity contribution is 5.48. The lowest BCUT2D eigenvalue weighted by Gasteiger charge is -2.16. The standard InChI is InChI=1S/C17H19NO3/c1-12(13-5-3-7-15(9-13)19-2)18-10-14-6-4-8-16-17(14)21-11-20-16/h3-9,12,18H,10-11H2,1-2H3. The van der Waals surface area contributed by atoms with Crippen molar-refractivity contribution in [1.82, 2.24) is 5.32 Å². The van der Waals surface area contributed by atoms with Gasteiger partial charge < -0.3 is 19.5 Å². The lowest BCUT2D eigenvalue weighted by Crippen LogP contribution is -2.18. The highest BCUT2D eigenvalue weighted by Gasteiger charge is 2.17. The van der Waals surface area contributed by atoms with Crippen LogP contribution in [0.15, 0.2) is 42.5 Å². The molecule has 1 N–H and O–H groups in total. The molecule has 1 heterocycles. The first-order chi connectivity index (χ1) is 10.3. The topological polar surface area (TPSA) is 39.7 Å². The van der Waals surface area contributed by atoms with Crippen LogP contribution in [0.2, 0.25) is 0 Å². The Balaban J connectivity index is 1.68. The van der Waals surface area contributed by atoms with Gasteiger partial charge in [0.15, 0.2) is 11.5 Å². The van der Waals surface area contributed by atoms with E-state index in [1.165, 1.54) is 5.56 Å². The van der Waals surface area contributed by atoms with E-state index in [-0.39, 0.29) is 6.04 Å². The minimum absolute atomic E-state index is 0.221. The van der Waals surface area contributed by atoms with Crippen molar-refractivity contribution in [2.24, 2.45) is 0 Å². The predicted octanol–water partition coefficient (Wildman–Crippen LogP) is 3.27. The maximum absolute atomic E-state index is 5.52. The van der Waals surface area contributed by atoms with Crippen molar-refractivity contribution >= 4 is 0 Å². The van der Waals surface area contributed by atoms with E-state index in [9.17, 15) is 0 Å². The minimum atomic E-state index is 0.221. The SMILES string of the molecule is COc1cccc(C(C)NCc2cccc3c2OCO3)c1. The fourth-order valence-electron chi connectivity index (χ4n) is 2.42. The summed E-state index contributed by atoms with van der Waals surface area (Å²) in [5.74, 6) is 2.55. The van der Waals surface area contributed by atoms with Gasteiger partial charge >= 0.3 is 0 Å². The Morgan fingerprint density at radius 1 is 1.19 bits per heavy atom. The molecule has 0 fully saturated rings. The summed E-state index contributed by atoms with van der Waals surface area (Å²) in [4.78, 5) is 0. The second kappa shape index (κ2) is 6.06. The zero-order valence-corrected chi connectivity index (χ0v) is 12.3. The van der Waals surface area contributed by atoms with E-state index in [1.807, 2.05) is 30.3 Å². The van der Waals surface area contributed by atoms with Crippen LogP contribution in [0.5, 0.6) is 17.2 Å². The Labute approximate surface area is 124 Å². The highest BCUT2D eigenvalue weighted by Crippen LogP contribution is 2.35. The minimum Gasteiger partial charge on any atom is -0.497 e. The molecular formula is C17H19NO3. The Bertz CT molecular complexity index is 627. The van der Waals surface area contributed by atoms with Crippen molar-refractivity contribution in [3.63, 3.8) is 0 Å². The summed E-state index contributed by atoms with van der Waals surface area (Å²) in [7, 11) is 1.68. The van der Waals surface area contributed by atoms with E-state index in [2.05, 4.69) is 24.4 Å². The van der Waals surface area contributed by atoms with Crippen molar-refractivity contribution < 1.29 is 14.2 Å². The Hall–Kier alpha value is -2.20. The van der Waals surface area contributed by atoms with E-state index < -0.39 is 0 Å². The van der Waals surface area contributed by atoms with Crippen LogP contribution in [0, 0.1) is 0 Å². The zero-order chi connectivity index (χ0) is 14.7. The molecule has 0 bridgehead atoms. The van der Waals surface area contributed by atoms with Gasteiger partial charge in [0, 0.05) is 18.2 Å². The molecule has 0 saturated heterocycles. The molecule has 1 aliphatic rings. The smallest absolute Gasteiger partial charge is 0.231 e. The summed E-state index contributed by atoms with van der Waals surface area (Å²) < 4.78 is 16.2. The first kappa shape index (κ1) is 13.8. The zero-order valence-electron chi connectivity index (χ0n) is 12.3. The lowest BCUT2D eigenvalue weighted by molar-refractivity contribution is 0.173. The molecule has 21 heavy (non-hydrogen) atoms. The van der Waals surface area contributed by atoms with Crippen LogP contribution in [0.4, 0.5) is 0 Å². The first-order valence-electron chi connectivity index (χ1n) is 7.03. The van der Waals surface area contributed by atoms with Gasteiger partial charge in [0.05, 0.1) is 7.11 Å². The van der Waals surface area contributed by atoms with Crippen LogP contribution in [0.1, 0.15) is 24.1 Å². The number of nitrogens with one attached hydrogen (secondary N) is 1. The summed E-state index contributed by atoms with van der Waals surface area (Å²) in [5, 5.41) is 3.51. The number of benzene rings is 2. The van der Waals surface area contributed by atoms with Crippen LogP contribution in [-0.2, 0) is 6.54 Å². The Morgan fingerprint density at radius 3 is 2.90 bits per heavy atom. The van der Waals surface area contributed by atoms with E-state index in [4.69, 9.17) is 14.2 Å². The van der Waals surface area contributed by atoms with Crippen molar-refractivity contribution in [2.75, 3.05) is 13.9 Å². The van der Waals surface area contributed by atoms with Crippen LogP contribution < -0.4 is 19.5 Å². The first-order valence-corrected chi connectivity index (χ1v) is 7.03. The number of rotatable bonds is 5. The molecule has 110 valence electrons. The average Bonchev–Trinajstić information content (AvgIpc) is 3.01. The molecule has 0 spiro atoms. The van der Waals surface area contributed by atoms with Gasteiger partial charge in [-0.15, -0.1) is 0 Å². The molecule has 1 aliphatic heterocycles. The van der Waals surface area contributed by atoms with Crippen molar-refractivity contribution in [3.05, 3.63) is 53.6 Å². The summed E-state index contributed by atoms with van der Waals surface area (Å²) in [6, 6.07) is 14.3. The summed E-state index contributed by atoms with van der Waals surface area (Å²) in [5.41, 5.74) is 2.30. The molecule has 1 unspecified atom stereocenters. The normalized spacial score (nSPS) is 14.0. The molecule has 2 aromatic carbocycles. The Kier molecular flexibility index (Phi) is 3.97. The lowest BCUT2D eigenvalue weighted by atomic mass is 10.1. The average molecular weight is 285 g/mol. The van der Waals surface area contributed by atoms with Gasteiger partial charge in [0.2, 0.25) is 6.79 Å². The van der Waals surface area contributed by atoms with Gasteiger partial charge in [-0.25, -0.2) is 0 Å². The van der Waals surface area contributed by atoms with Gasteiger partial charge in [-0.1, -0.05) is 24.3 Å². The predicted molar refractivity (Wildman–Crippen MR) is 80.8 cm³/mol. The molecule has 2 aromatic rings. The van der Waals surface area contributed by atoms with Crippen molar-refractivity contribution in [2.45, 2.75) is 19.5 Å². The number of hydrogen-bond acceptors (Lipinski definition) is 4. The maximum Gasteiger partial charge on any atom is 0.231 e. The number of fused-ring (bicyclic) bond motifs is 1. The maximum atomic E-state index is 5.52. The quantitative estimate of drug-likeness (QED) is 0.915. The van der Waals surface area contributed by atoms with Crippen LogP contribution in [0.25, 0.3) is 0 Å². The van der Waals surface area contributed by atoms with Crippen LogP contribution >= 0.6 is 0 Å². The van der Waals surface area contributed by atoms with Crippen LogP contribution in [-0.4, -0.2) is 13.9 Å². The third-order valence-corrected chi connectivity index (χ3v) is 3.67. The molecule has 3 rings (SSSR count). The number of methoxy groups -OCH3 is 1. The second-order valence-corrected chi connectivity index (χ2v) is 5.03. The van der Waals surface area contributed by atoms with E-state index in [0.29, 0.717) is 6.79 Å². The largest absolute Gasteiger partial charge is 0.497 e. The van der Waals surface area contributed by atoms with Crippen molar-refractivity contribution in [1.29, 1.82) is 0 Å². The number of ether oxygens (including phenoxy) is 3. The molecule has 0 saturated carbocycles. The molecule has 4 nitrogen and oxygen atoms in total. The fourth-order valence-corrected chi connectivity index (χ4v) is 2.42. The fraction of sp³-hybridized carbons (Fsp3) is 0.294. The number of para-hydroxylation sites is 1. The van der Waals surface area contributed by atoms with Gasteiger partial charge in [0.1, 0.15) is 5.75 Å². The van der Waals surface area contributed by atoms with Gasteiger partial charge in [-0.05, 0) is 30.7 Å². The molecule has 0 aliphatic carbocycles. The van der Waals surface area contributed by atoms with E-state index in [0.717, 1.165) is 29.4 Å². The molecule has 0 amide bonds. The summed E-state index contributed by atoms with van der Waals surface area (Å²) >= 11 is 0. The van der Waals surface area contributed by atoms with Gasteiger partial charge in [-0.3, -0.25) is 0 Å². The monoisotopic (exact) mass is 285 g/mol. The summed E-state index contributed by atoms with van der Waals surface area (Å²) in [6.07, 6.45) is 0. The van der Waals surface area contributed by atoms with Crippen molar-refractivity contribution in [3.8, 4) is 17.2 Å². The Morgan fingerprint density at radius 2 is 2.05 bits per heavy atom. The number of hydrogen-bond donors (Lipinski definition) is 1. The third kappa shape index (κ3) is 2.95. The molecule has 1 atom stereocenters. The summed E-state index contributed by atoms with van der Waals surface area (Å²) in [6.45, 7) is 3.16. The third-order valence-electron chi connectivity index (χ3n) is 3.67. The molecule has 4 heteroatoms. The molecule has 0 aromatic heterocycles. The molecule has 0 radical (unpaired) electrons. The van der Waals surface area contributed by atoms with Gasteiger partial charge in [0.25, 0.3) is 0 Å². The second-order valence-electron chi connectivity index (χ2n) is 5.03. The van der Waals surface area contributed by atoms with E-state index >= 15 is 0 Å². The van der Waals surface area contributed by atoms with E-state index in [1.54, 1.807) is 7.11 Å².